The number of hydrogen-bond acceptors (Lipinski definition) is 2. The van der Waals surface area contributed by atoms with E-state index < -0.39 is 5.82 Å². The van der Waals surface area contributed by atoms with Crippen LogP contribution in [0.5, 0.6) is 0 Å². The van der Waals surface area contributed by atoms with Crippen molar-refractivity contribution in [3.63, 3.8) is 0 Å². The van der Waals surface area contributed by atoms with Crippen LogP contribution in [0, 0.1) is 5.82 Å². The second-order valence-corrected chi connectivity index (χ2v) is 3.89. The minimum atomic E-state index is -0.550. The first-order chi connectivity index (χ1) is 7.56. The predicted molar refractivity (Wildman–Crippen MR) is 69.5 cm³/mol. The van der Waals surface area contributed by atoms with Gasteiger partial charge >= 0.3 is 0 Å². The van der Waals surface area contributed by atoms with Crippen molar-refractivity contribution >= 4 is 29.9 Å². The Labute approximate surface area is 111 Å². The van der Waals surface area contributed by atoms with Gasteiger partial charge in [-0.2, -0.15) is 0 Å². The van der Waals surface area contributed by atoms with Crippen LogP contribution in [-0.4, -0.2) is 38.0 Å². The van der Waals surface area contributed by atoms with E-state index in [4.69, 9.17) is 11.6 Å². The molecule has 0 aliphatic heterocycles. The summed E-state index contributed by atoms with van der Waals surface area (Å²) in [6.45, 7) is 1.17. The molecule has 0 unspecified atom stereocenters. The van der Waals surface area contributed by atoms with E-state index in [0.717, 1.165) is 0 Å². The van der Waals surface area contributed by atoms with Crippen molar-refractivity contribution in [2.24, 2.45) is 0 Å². The smallest absolute Gasteiger partial charge is 0.256 e. The van der Waals surface area contributed by atoms with E-state index in [1.54, 1.807) is 14.1 Å². The largest absolute Gasteiger partial charge is 0.340 e. The first-order valence-corrected chi connectivity index (χ1v) is 5.29. The highest BCUT2D eigenvalue weighted by atomic mass is 35.5. The number of carbonyl (C=O) groups is 1. The molecule has 1 amide bonds. The molecular weight excluding hydrogens is 266 g/mol. The topological polar surface area (TPSA) is 32.3 Å². The average molecular weight is 281 g/mol. The second-order valence-electron chi connectivity index (χ2n) is 3.45. The van der Waals surface area contributed by atoms with Crippen molar-refractivity contribution in [2.45, 2.75) is 0 Å². The molecule has 0 spiro atoms. The van der Waals surface area contributed by atoms with Gasteiger partial charge < -0.3 is 10.2 Å². The maximum absolute atomic E-state index is 13.4. The molecule has 1 aromatic rings. The first kappa shape index (κ1) is 16.2. The van der Waals surface area contributed by atoms with Gasteiger partial charge in [0.1, 0.15) is 5.82 Å². The van der Waals surface area contributed by atoms with Gasteiger partial charge in [-0.3, -0.25) is 4.79 Å². The Kier molecular flexibility index (Phi) is 7.11. The number of nitrogens with zero attached hydrogens (tertiary/aromatic N) is 1. The lowest BCUT2D eigenvalue weighted by molar-refractivity contribution is 0.0792. The standard InChI is InChI=1S/C11H14ClFN2O.ClH/c1-14-5-6-15(2)11(16)9-7-8(12)3-4-10(9)13;/h3-4,7,14H,5-6H2,1-2H3;1H. The molecule has 17 heavy (non-hydrogen) atoms. The molecule has 0 heterocycles. The Hall–Kier alpha value is -0.840. The minimum absolute atomic E-state index is 0. The van der Waals surface area contributed by atoms with E-state index in [9.17, 15) is 9.18 Å². The fourth-order valence-corrected chi connectivity index (χ4v) is 1.42. The van der Waals surface area contributed by atoms with Crippen molar-refractivity contribution in [1.29, 1.82) is 0 Å². The van der Waals surface area contributed by atoms with Gasteiger partial charge in [0, 0.05) is 25.2 Å². The molecule has 3 nitrogen and oxygen atoms in total. The zero-order chi connectivity index (χ0) is 12.1. The van der Waals surface area contributed by atoms with Crippen molar-refractivity contribution in [2.75, 3.05) is 27.2 Å². The van der Waals surface area contributed by atoms with E-state index in [2.05, 4.69) is 5.32 Å². The molecule has 0 atom stereocenters. The lowest BCUT2D eigenvalue weighted by atomic mass is 10.2. The summed E-state index contributed by atoms with van der Waals surface area (Å²) >= 11 is 5.72. The van der Waals surface area contributed by atoms with E-state index in [0.29, 0.717) is 18.1 Å². The lowest BCUT2D eigenvalue weighted by Crippen LogP contribution is -2.33. The van der Waals surface area contributed by atoms with Gasteiger partial charge in [-0.15, -0.1) is 12.4 Å². The Bertz CT molecular complexity index is 388. The van der Waals surface area contributed by atoms with Gasteiger partial charge in [-0.05, 0) is 25.2 Å². The molecule has 0 bridgehead atoms. The number of carbonyl (C=O) groups excluding carboxylic acids is 1. The molecule has 0 aliphatic rings. The summed E-state index contributed by atoms with van der Waals surface area (Å²) in [5, 5.41) is 3.27. The number of nitrogens with one attached hydrogen (secondary N) is 1. The van der Waals surface area contributed by atoms with Gasteiger partial charge in [-0.1, -0.05) is 11.6 Å². The summed E-state index contributed by atoms with van der Waals surface area (Å²) in [5.41, 5.74) is 0.00565. The summed E-state index contributed by atoms with van der Waals surface area (Å²) < 4.78 is 13.4. The third-order valence-electron chi connectivity index (χ3n) is 2.20. The summed E-state index contributed by atoms with van der Waals surface area (Å²) in [7, 11) is 3.41. The Morgan fingerprint density at radius 1 is 1.53 bits per heavy atom. The molecule has 0 saturated carbocycles. The molecule has 96 valence electrons. The van der Waals surface area contributed by atoms with Crippen LogP contribution < -0.4 is 5.32 Å². The molecule has 1 rings (SSSR count). The highest BCUT2D eigenvalue weighted by molar-refractivity contribution is 6.30. The zero-order valence-electron chi connectivity index (χ0n) is 9.67. The van der Waals surface area contributed by atoms with Gasteiger partial charge in [-0.25, -0.2) is 4.39 Å². The molecule has 1 N–H and O–H groups in total. The third-order valence-corrected chi connectivity index (χ3v) is 2.44. The molecule has 1 aromatic carbocycles. The quantitative estimate of drug-likeness (QED) is 0.917. The highest BCUT2D eigenvalue weighted by Crippen LogP contribution is 2.16. The summed E-state index contributed by atoms with van der Waals surface area (Å²) in [6.07, 6.45) is 0. The van der Waals surface area contributed by atoms with Crippen LogP contribution in [0.3, 0.4) is 0 Å². The summed E-state index contributed by atoms with van der Waals surface area (Å²) in [4.78, 5) is 13.3. The van der Waals surface area contributed by atoms with E-state index in [1.165, 1.54) is 23.1 Å². The van der Waals surface area contributed by atoms with E-state index in [1.807, 2.05) is 0 Å². The molecule has 0 saturated heterocycles. The van der Waals surface area contributed by atoms with Crippen LogP contribution in [0.4, 0.5) is 4.39 Å². The highest BCUT2D eigenvalue weighted by Gasteiger charge is 2.15. The molecular formula is C11H15Cl2FN2O. The second kappa shape index (κ2) is 7.48. The van der Waals surface area contributed by atoms with Crippen LogP contribution >= 0.6 is 24.0 Å². The van der Waals surface area contributed by atoms with Crippen LogP contribution in [0.2, 0.25) is 5.02 Å². The van der Waals surface area contributed by atoms with Crippen molar-refractivity contribution in [1.82, 2.24) is 10.2 Å². The number of amides is 1. The number of benzene rings is 1. The van der Waals surface area contributed by atoms with Crippen molar-refractivity contribution in [3.05, 3.63) is 34.6 Å². The van der Waals surface area contributed by atoms with Gasteiger partial charge in [0.2, 0.25) is 0 Å². The maximum atomic E-state index is 13.4. The number of likely N-dealkylation sites (N-methyl/N-ethyl adjacent to an activating group) is 2. The summed E-state index contributed by atoms with van der Waals surface area (Å²) in [5.74, 6) is -0.916. The number of hydrogen-bond donors (Lipinski definition) is 1. The van der Waals surface area contributed by atoms with Gasteiger partial charge in [0.05, 0.1) is 5.56 Å². The van der Waals surface area contributed by atoms with Gasteiger partial charge in [0.25, 0.3) is 5.91 Å². The Balaban J connectivity index is 0.00000256. The molecule has 0 aromatic heterocycles. The normalized spacial score (nSPS) is 9.65. The number of halogens is 3. The van der Waals surface area contributed by atoms with Crippen molar-refractivity contribution < 1.29 is 9.18 Å². The first-order valence-electron chi connectivity index (χ1n) is 4.91. The lowest BCUT2D eigenvalue weighted by Gasteiger charge is -2.17. The third kappa shape index (κ3) is 4.50. The monoisotopic (exact) mass is 280 g/mol. The predicted octanol–water partition coefficient (Wildman–Crippen LogP) is 2.19. The average Bonchev–Trinajstić information content (AvgIpc) is 2.28. The maximum Gasteiger partial charge on any atom is 0.256 e. The Morgan fingerprint density at radius 3 is 2.76 bits per heavy atom. The molecule has 0 aliphatic carbocycles. The zero-order valence-corrected chi connectivity index (χ0v) is 11.2. The molecule has 0 fully saturated rings. The number of rotatable bonds is 4. The van der Waals surface area contributed by atoms with E-state index >= 15 is 0 Å². The van der Waals surface area contributed by atoms with Crippen LogP contribution in [-0.2, 0) is 0 Å². The van der Waals surface area contributed by atoms with Crippen molar-refractivity contribution in [3.8, 4) is 0 Å². The van der Waals surface area contributed by atoms with Crippen LogP contribution in [0.15, 0.2) is 18.2 Å². The summed E-state index contributed by atoms with van der Waals surface area (Å²) in [6, 6.07) is 3.96. The van der Waals surface area contributed by atoms with Crippen LogP contribution in [0.1, 0.15) is 10.4 Å². The van der Waals surface area contributed by atoms with Crippen LogP contribution in [0.25, 0.3) is 0 Å². The van der Waals surface area contributed by atoms with E-state index in [-0.39, 0.29) is 23.9 Å². The fourth-order valence-electron chi connectivity index (χ4n) is 1.25. The molecule has 0 radical (unpaired) electrons. The van der Waals surface area contributed by atoms with Gasteiger partial charge in [0.15, 0.2) is 0 Å². The Morgan fingerprint density at radius 2 is 2.18 bits per heavy atom. The minimum Gasteiger partial charge on any atom is -0.340 e. The fraction of sp³-hybridized carbons (Fsp3) is 0.364. The molecule has 6 heteroatoms. The SMILES string of the molecule is CNCCN(C)C(=O)c1cc(Cl)ccc1F.Cl.